The number of nitrogens with one attached hydrogen (secondary N) is 1. The highest BCUT2D eigenvalue weighted by molar-refractivity contribution is 7.88. The zero-order valence-electron chi connectivity index (χ0n) is 12.6. The first-order valence-electron chi connectivity index (χ1n) is 7.21. The molecule has 2 unspecified atom stereocenters. The van der Waals surface area contributed by atoms with Crippen LogP contribution in [0.1, 0.15) is 33.1 Å². The van der Waals surface area contributed by atoms with Crippen LogP contribution in [0.15, 0.2) is 0 Å². The first-order chi connectivity index (χ1) is 9.26. The van der Waals surface area contributed by atoms with E-state index in [1.165, 1.54) is 0 Å². The van der Waals surface area contributed by atoms with Gasteiger partial charge in [-0.05, 0) is 25.2 Å². The summed E-state index contributed by atoms with van der Waals surface area (Å²) in [7, 11) is -3.23. The number of hydrogen-bond acceptors (Lipinski definition) is 4. The number of rotatable bonds is 6. The topological polar surface area (TPSA) is 92.5 Å². The molecule has 1 aliphatic rings. The molecule has 118 valence electrons. The Morgan fingerprint density at radius 1 is 1.40 bits per heavy atom. The van der Waals surface area contributed by atoms with Crippen molar-refractivity contribution in [2.75, 3.05) is 25.9 Å². The SMILES string of the molecule is CC(C)C(CN)C(=O)N1CCCCC1CNS(C)(=O)=O. The maximum absolute atomic E-state index is 12.6. The van der Waals surface area contributed by atoms with Crippen LogP contribution in [-0.4, -0.2) is 51.2 Å². The molecular formula is C13H27N3O3S. The highest BCUT2D eigenvalue weighted by Crippen LogP contribution is 2.21. The Hall–Kier alpha value is -0.660. The van der Waals surface area contributed by atoms with Crippen molar-refractivity contribution in [3.8, 4) is 0 Å². The molecule has 1 fully saturated rings. The number of hydrogen-bond donors (Lipinski definition) is 2. The minimum Gasteiger partial charge on any atom is -0.338 e. The van der Waals surface area contributed by atoms with Crippen molar-refractivity contribution >= 4 is 15.9 Å². The van der Waals surface area contributed by atoms with Crippen LogP contribution < -0.4 is 10.5 Å². The van der Waals surface area contributed by atoms with Crippen LogP contribution in [0.3, 0.4) is 0 Å². The summed E-state index contributed by atoms with van der Waals surface area (Å²) in [5.74, 6) is 0.0641. The number of carbonyl (C=O) groups excluding carboxylic acids is 1. The van der Waals surface area contributed by atoms with E-state index in [1.54, 1.807) is 0 Å². The van der Waals surface area contributed by atoms with Crippen LogP contribution in [0.25, 0.3) is 0 Å². The van der Waals surface area contributed by atoms with E-state index in [1.807, 2.05) is 18.7 Å². The first kappa shape index (κ1) is 17.4. The molecule has 2 atom stereocenters. The van der Waals surface area contributed by atoms with Gasteiger partial charge in [0.25, 0.3) is 0 Å². The predicted molar refractivity (Wildman–Crippen MR) is 79.6 cm³/mol. The van der Waals surface area contributed by atoms with E-state index in [4.69, 9.17) is 5.73 Å². The maximum atomic E-state index is 12.6. The Kier molecular flexibility index (Phi) is 6.42. The lowest BCUT2D eigenvalue weighted by molar-refractivity contribution is -0.140. The molecule has 0 aromatic heterocycles. The molecule has 1 heterocycles. The van der Waals surface area contributed by atoms with E-state index in [2.05, 4.69) is 4.72 Å². The van der Waals surface area contributed by atoms with Crippen LogP contribution in [0.4, 0.5) is 0 Å². The Labute approximate surface area is 122 Å². The molecule has 3 N–H and O–H groups in total. The summed E-state index contributed by atoms with van der Waals surface area (Å²) in [5, 5.41) is 0. The summed E-state index contributed by atoms with van der Waals surface area (Å²) in [6, 6.07) is -0.0567. The van der Waals surface area contributed by atoms with Gasteiger partial charge in [-0.3, -0.25) is 4.79 Å². The van der Waals surface area contributed by atoms with Crippen LogP contribution in [0, 0.1) is 11.8 Å². The number of sulfonamides is 1. The number of nitrogens with zero attached hydrogens (tertiary/aromatic N) is 1. The minimum atomic E-state index is -3.23. The number of nitrogens with two attached hydrogens (primary N) is 1. The quantitative estimate of drug-likeness (QED) is 0.730. The standard InChI is InChI=1S/C13H27N3O3S/c1-10(2)12(8-14)13(17)16-7-5-4-6-11(16)9-15-20(3,18)19/h10-12,15H,4-9,14H2,1-3H3. The van der Waals surface area contributed by atoms with E-state index >= 15 is 0 Å². The molecule has 0 radical (unpaired) electrons. The molecule has 20 heavy (non-hydrogen) atoms. The van der Waals surface area contributed by atoms with Crippen molar-refractivity contribution in [2.45, 2.75) is 39.2 Å². The summed E-state index contributed by atoms with van der Waals surface area (Å²) in [5.41, 5.74) is 5.71. The van der Waals surface area contributed by atoms with Gasteiger partial charge >= 0.3 is 0 Å². The number of piperidine rings is 1. The van der Waals surface area contributed by atoms with Crippen LogP contribution in [0.2, 0.25) is 0 Å². The molecule has 0 aliphatic carbocycles. The molecule has 1 amide bonds. The summed E-state index contributed by atoms with van der Waals surface area (Å²) >= 11 is 0. The van der Waals surface area contributed by atoms with Gasteiger partial charge in [-0.2, -0.15) is 0 Å². The monoisotopic (exact) mass is 305 g/mol. The van der Waals surface area contributed by atoms with Gasteiger partial charge in [0.1, 0.15) is 0 Å². The second kappa shape index (κ2) is 7.38. The third-order valence-corrected chi connectivity index (χ3v) is 4.56. The van der Waals surface area contributed by atoms with Gasteiger partial charge in [0.2, 0.25) is 15.9 Å². The molecular weight excluding hydrogens is 278 g/mol. The zero-order chi connectivity index (χ0) is 15.3. The third kappa shape index (κ3) is 5.03. The van der Waals surface area contributed by atoms with Crippen LogP contribution in [-0.2, 0) is 14.8 Å². The molecule has 7 heteroatoms. The normalized spacial score (nSPS) is 22.1. The van der Waals surface area contributed by atoms with Crippen molar-refractivity contribution in [1.82, 2.24) is 9.62 Å². The molecule has 0 bridgehead atoms. The van der Waals surface area contributed by atoms with Gasteiger partial charge in [-0.25, -0.2) is 13.1 Å². The Balaban J connectivity index is 2.75. The Morgan fingerprint density at radius 2 is 2.05 bits per heavy atom. The molecule has 0 aromatic rings. The molecule has 0 spiro atoms. The smallest absolute Gasteiger partial charge is 0.227 e. The van der Waals surface area contributed by atoms with E-state index in [9.17, 15) is 13.2 Å². The number of carbonyl (C=O) groups is 1. The lowest BCUT2D eigenvalue weighted by Crippen LogP contribution is -2.52. The second-order valence-corrected chi connectivity index (χ2v) is 7.72. The van der Waals surface area contributed by atoms with Crippen LogP contribution >= 0.6 is 0 Å². The first-order valence-corrected chi connectivity index (χ1v) is 9.10. The van der Waals surface area contributed by atoms with E-state index < -0.39 is 10.0 Å². The molecule has 1 saturated heterocycles. The van der Waals surface area contributed by atoms with Gasteiger partial charge in [-0.1, -0.05) is 13.8 Å². The van der Waals surface area contributed by atoms with E-state index in [0.29, 0.717) is 19.6 Å². The second-order valence-electron chi connectivity index (χ2n) is 5.89. The molecule has 0 saturated carbocycles. The molecule has 6 nitrogen and oxygen atoms in total. The lowest BCUT2D eigenvalue weighted by atomic mass is 9.92. The van der Waals surface area contributed by atoms with Crippen LogP contribution in [0.5, 0.6) is 0 Å². The highest BCUT2D eigenvalue weighted by Gasteiger charge is 2.32. The zero-order valence-corrected chi connectivity index (χ0v) is 13.4. The fourth-order valence-corrected chi connectivity index (χ4v) is 3.12. The average molecular weight is 305 g/mol. The Bertz CT molecular complexity index is 423. The molecule has 0 aromatic carbocycles. The molecule has 1 aliphatic heterocycles. The van der Waals surface area contributed by atoms with Gasteiger partial charge in [-0.15, -0.1) is 0 Å². The van der Waals surface area contributed by atoms with Crippen molar-refractivity contribution in [3.63, 3.8) is 0 Å². The highest BCUT2D eigenvalue weighted by atomic mass is 32.2. The lowest BCUT2D eigenvalue weighted by Gasteiger charge is -2.38. The minimum absolute atomic E-state index is 0.0567. The summed E-state index contributed by atoms with van der Waals surface area (Å²) < 4.78 is 24.9. The number of amides is 1. The van der Waals surface area contributed by atoms with E-state index in [-0.39, 0.29) is 23.8 Å². The van der Waals surface area contributed by atoms with Crippen molar-refractivity contribution in [3.05, 3.63) is 0 Å². The van der Waals surface area contributed by atoms with Crippen molar-refractivity contribution in [2.24, 2.45) is 17.6 Å². The number of likely N-dealkylation sites (tertiary alicyclic amines) is 1. The van der Waals surface area contributed by atoms with Gasteiger partial charge in [0, 0.05) is 25.7 Å². The maximum Gasteiger partial charge on any atom is 0.227 e. The summed E-state index contributed by atoms with van der Waals surface area (Å²) in [4.78, 5) is 14.4. The predicted octanol–water partition coefficient (Wildman–Crippen LogP) is 0.148. The summed E-state index contributed by atoms with van der Waals surface area (Å²) in [6.45, 7) is 5.30. The third-order valence-electron chi connectivity index (χ3n) is 3.87. The molecule has 1 rings (SSSR count). The summed E-state index contributed by atoms with van der Waals surface area (Å²) in [6.07, 6.45) is 3.97. The average Bonchev–Trinajstić information content (AvgIpc) is 2.36. The van der Waals surface area contributed by atoms with Crippen molar-refractivity contribution in [1.29, 1.82) is 0 Å². The Morgan fingerprint density at radius 3 is 2.55 bits per heavy atom. The van der Waals surface area contributed by atoms with Gasteiger partial charge in [0.05, 0.1) is 12.2 Å². The fourth-order valence-electron chi connectivity index (χ4n) is 2.62. The fraction of sp³-hybridized carbons (Fsp3) is 0.923. The largest absolute Gasteiger partial charge is 0.338 e. The van der Waals surface area contributed by atoms with Gasteiger partial charge < -0.3 is 10.6 Å². The van der Waals surface area contributed by atoms with E-state index in [0.717, 1.165) is 25.5 Å². The van der Waals surface area contributed by atoms with Gasteiger partial charge in [0.15, 0.2) is 0 Å². The van der Waals surface area contributed by atoms with Crippen molar-refractivity contribution < 1.29 is 13.2 Å².